The van der Waals surface area contributed by atoms with E-state index in [4.69, 9.17) is 9.47 Å². The first-order valence-electron chi connectivity index (χ1n) is 12.6. The summed E-state index contributed by atoms with van der Waals surface area (Å²) in [6.45, 7) is 7.15. The molecule has 3 aromatic rings. The van der Waals surface area contributed by atoms with Gasteiger partial charge in [0.25, 0.3) is 11.7 Å². The molecule has 0 aromatic heterocycles. The fraction of sp³-hybridized carbons (Fsp3) is 0.258. The number of benzene rings is 3. The molecular formula is C31H30N2O5. The summed E-state index contributed by atoms with van der Waals surface area (Å²) in [7, 11) is 0. The van der Waals surface area contributed by atoms with Gasteiger partial charge in [-0.2, -0.15) is 5.26 Å². The van der Waals surface area contributed by atoms with E-state index in [0.29, 0.717) is 53.0 Å². The molecule has 0 spiro atoms. The highest BCUT2D eigenvalue weighted by atomic mass is 16.5. The lowest BCUT2D eigenvalue weighted by molar-refractivity contribution is -0.132. The summed E-state index contributed by atoms with van der Waals surface area (Å²) in [6, 6.07) is 21.6. The van der Waals surface area contributed by atoms with Crippen molar-refractivity contribution < 1.29 is 24.2 Å². The smallest absolute Gasteiger partial charge is 0.300 e. The molecule has 1 amide bonds. The van der Waals surface area contributed by atoms with Crippen molar-refractivity contribution in [1.82, 2.24) is 0 Å². The normalized spacial score (nSPS) is 16.5. The van der Waals surface area contributed by atoms with Crippen LogP contribution in [0.25, 0.3) is 5.76 Å². The number of aliphatic hydroxyl groups excluding tert-OH is 1. The van der Waals surface area contributed by atoms with E-state index < -0.39 is 17.7 Å². The number of nitrogens with zero attached hydrogens (tertiary/aromatic N) is 2. The van der Waals surface area contributed by atoms with Crippen molar-refractivity contribution >= 4 is 23.1 Å². The number of rotatable bonds is 9. The van der Waals surface area contributed by atoms with Crippen LogP contribution >= 0.6 is 0 Å². The molecular weight excluding hydrogens is 480 g/mol. The summed E-state index contributed by atoms with van der Waals surface area (Å²) in [5, 5.41) is 20.6. The first-order chi connectivity index (χ1) is 18.3. The molecule has 1 atom stereocenters. The second kappa shape index (κ2) is 11.7. The molecule has 1 saturated heterocycles. The van der Waals surface area contributed by atoms with Gasteiger partial charge in [0.15, 0.2) is 0 Å². The molecule has 0 saturated carbocycles. The van der Waals surface area contributed by atoms with Crippen molar-refractivity contribution in [2.45, 2.75) is 33.2 Å². The molecule has 0 bridgehead atoms. The number of hydrogen-bond donors (Lipinski definition) is 1. The van der Waals surface area contributed by atoms with E-state index in [2.05, 4.69) is 6.07 Å². The lowest BCUT2D eigenvalue weighted by Crippen LogP contribution is -2.29. The van der Waals surface area contributed by atoms with Crippen molar-refractivity contribution in [1.29, 1.82) is 5.26 Å². The van der Waals surface area contributed by atoms with Gasteiger partial charge in [0.2, 0.25) is 0 Å². The van der Waals surface area contributed by atoms with Crippen LogP contribution in [0.5, 0.6) is 11.5 Å². The number of carbonyl (C=O) groups is 2. The summed E-state index contributed by atoms with van der Waals surface area (Å²) in [5.41, 5.74) is 1.85. The Labute approximate surface area is 222 Å². The zero-order chi connectivity index (χ0) is 27.2. The molecule has 7 heteroatoms. The fourth-order valence-corrected chi connectivity index (χ4v) is 4.23. The largest absolute Gasteiger partial charge is 0.507 e. The Morgan fingerprint density at radius 1 is 1.00 bits per heavy atom. The van der Waals surface area contributed by atoms with Crippen LogP contribution in [0.1, 0.15) is 49.9 Å². The third kappa shape index (κ3) is 5.55. The molecule has 1 heterocycles. The monoisotopic (exact) mass is 510 g/mol. The molecule has 3 aromatic carbocycles. The van der Waals surface area contributed by atoms with E-state index in [9.17, 15) is 20.0 Å². The van der Waals surface area contributed by atoms with E-state index in [-0.39, 0.29) is 11.3 Å². The van der Waals surface area contributed by atoms with E-state index in [1.54, 1.807) is 72.8 Å². The van der Waals surface area contributed by atoms with Crippen LogP contribution in [0.2, 0.25) is 0 Å². The van der Waals surface area contributed by atoms with Gasteiger partial charge >= 0.3 is 0 Å². The van der Waals surface area contributed by atoms with Crippen LogP contribution in [0.4, 0.5) is 5.69 Å². The molecule has 0 aliphatic carbocycles. The van der Waals surface area contributed by atoms with Gasteiger partial charge in [0, 0.05) is 11.3 Å². The topological polar surface area (TPSA) is 99.9 Å². The number of carbonyl (C=O) groups excluding carboxylic acids is 2. The second-order valence-corrected chi connectivity index (χ2v) is 9.48. The van der Waals surface area contributed by atoms with Gasteiger partial charge in [-0.1, -0.05) is 45.0 Å². The van der Waals surface area contributed by atoms with Crippen molar-refractivity contribution in [3.63, 3.8) is 0 Å². The Bertz CT molecular complexity index is 1390. The summed E-state index contributed by atoms with van der Waals surface area (Å²) in [4.78, 5) is 28.1. The molecule has 1 aliphatic rings. The van der Waals surface area contributed by atoms with E-state index in [1.165, 1.54) is 4.90 Å². The molecule has 0 radical (unpaired) electrons. The van der Waals surface area contributed by atoms with Crippen LogP contribution in [0.15, 0.2) is 78.4 Å². The molecule has 194 valence electrons. The standard InChI is InChI=1S/C31H30N2O5/c1-4-16-37-25-14-10-22(11-15-25)28-27(29(34)23-6-5-7-26(17-23)38-19-20(2)3)30(35)31(36)33(28)24-12-8-21(18-32)9-13-24/h5-15,17,20,28,34H,4,16,19H2,1-3H3/b29-27-. The van der Waals surface area contributed by atoms with E-state index >= 15 is 0 Å². The lowest BCUT2D eigenvalue weighted by atomic mass is 9.95. The number of Topliss-reactive ketones (excluding diaryl/α,β-unsaturated/α-hetero) is 1. The van der Waals surface area contributed by atoms with E-state index in [0.717, 1.165) is 6.42 Å². The maximum atomic E-state index is 13.4. The summed E-state index contributed by atoms with van der Waals surface area (Å²) in [6.07, 6.45) is 0.862. The number of anilines is 1. The van der Waals surface area contributed by atoms with Crippen LogP contribution in [-0.2, 0) is 9.59 Å². The molecule has 38 heavy (non-hydrogen) atoms. The molecule has 4 rings (SSSR count). The number of aliphatic hydroxyl groups is 1. The Hall–Kier alpha value is -4.57. The summed E-state index contributed by atoms with van der Waals surface area (Å²) >= 11 is 0. The maximum Gasteiger partial charge on any atom is 0.300 e. The average Bonchev–Trinajstić information content (AvgIpc) is 3.20. The zero-order valence-corrected chi connectivity index (χ0v) is 21.7. The molecule has 7 nitrogen and oxygen atoms in total. The number of amides is 1. The van der Waals surface area contributed by atoms with Crippen molar-refractivity contribution in [2.24, 2.45) is 5.92 Å². The van der Waals surface area contributed by atoms with Gasteiger partial charge in [-0.25, -0.2) is 0 Å². The molecule has 1 N–H and O–H groups in total. The third-order valence-corrected chi connectivity index (χ3v) is 6.08. The first kappa shape index (κ1) is 26.5. The van der Waals surface area contributed by atoms with Crippen LogP contribution < -0.4 is 14.4 Å². The van der Waals surface area contributed by atoms with Gasteiger partial charge in [-0.15, -0.1) is 0 Å². The molecule has 1 aliphatic heterocycles. The van der Waals surface area contributed by atoms with Crippen molar-refractivity contribution in [2.75, 3.05) is 18.1 Å². The highest BCUT2D eigenvalue weighted by Gasteiger charge is 2.47. The van der Waals surface area contributed by atoms with Crippen molar-refractivity contribution in [3.05, 3.63) is 95.1 Å². The van der Waals surface area contributed by atoms with Crippen LogP contribution in [-0.4, -0.2) is 30.0 Å². The van der Waals surface area contributed by atoms with Gasteiger partial charge in [0.1, 0.15) is 17.3 Å². The SMILES string of the molecule is CCCOc1ccc(C2/C(=C(/O)c3cccc(OCC(C)C)c3)C(=O)C(=O)N2c2ccc(C#N)cc2)cc1. The third-order valence-electron chi connectivity index (χ3n) is 6.08. The number of ether oxygens (including phenoxy) is 2. The van der Waals surface area contributed by atoms with Crippen LogP contribution in [0.3, 0.4) is 0 Å². The number of ketones is 1. The number of nitriles is 1. The van der Waals surface area contributed by atoms with Gasteiger partial charge in [-0.3, -0.25) is 14.5 Å². The van der Waals surface area contributed by atoms with Crippen molar-refractivity contribution in [3.8, 4) is 17.6 Å². The minimum Gasteiger partial charge on any atom is -0.507 e. The Kier molecular flexibility index (Phi) is 8.12. The zero-order valence-electron chi connectivity index (χ0n) is 21.7. The quantitative estimate of drug-likeness (QED) is 0.215. The highest BCUT2D eigenvalue weighted by molar-refractivity contribution is 6.51. The van der Waals surface area contributed by atoms with E-state index in [1.807, 2.05) is 20.8 Å². The first-order valence-corrected chi connectivity index (χ1v) is 12.6. The minimum atomic E-state index is -0.886. The van der Waals surface area contributed by atoms with Gasteiger partial charge < -0.3 is 14.6 Å². The maximum absolute atomic E-state index is 13.4. The summed E-state index contributed by atoms with van der Waals surface area (Å²) < 4.78 is 11.5. The highest BCUT2D eigenvalue weighted by Crippen LogP contribution is 2.42. The second-order valence-electron chi connectivity index (χ2n) is 9.48. The van der Waals surface area contributed by atoms with Crippen LogP contribution in [0, 0.1) is 17.2 Å². The Morgan fingerprint density at radius 3 is 2.34 bits per heavy atom. The molecule has 1 unspecified atom stereocenters. The average molecular weight is 511 g/mol. The fourth-order valence-electron chi connectivity index (χ4n) is 4.23. The Balaban J connectivity index is 1.82. The van der Waals surface area contributed by atoms with Gasteiger partial charge in [0.05, 0.1) is 36.5 Å². The number of hydrogen-bond acceptors (Lipinski definition) is 6. The predicted octanol–water partition coefficient (Wildman–Crippen LogP) is 6.01. The summed E-state index contributed by atoms with van der Waals surface area (Å²) in [5.74, 6) is -0.310. The predicted molar refractivity (Wildman–Crippen MR) is 145 cm³/mol. The van der Waals surface area contributed by atoms with Gasteiger partial charge in [-0.05, 0) is 66.4 Å². The lowest BCUT2D eigenvalue weighted by Gasteiger charge is -2.25. The minimum absolute atomic E-state index is 0.0254. The molecule has 1 fully saturated rings. The Morgan fingerprint density at radius 2 is 1.71 bits per heavy atom.